The standard InChI is InChI=1S/C27H24N6O2S/c1-16-3-2-4-22(32-16)25-24(30-15-31-25)17-5-6-21-18(11-17)12-19(13-29-21)23-14-36-26(33-23)27(34)35-20-7-9-28-10-8-20/h2-6,11-15,20,28H,7-10H2,1H3,(H,30,31). The minimum atomic E-state index is -0.356. The van der Waals surface area contributed by atoms with Gasteiger partial charge in [-0.3, -0.25) is 9.97 Å². The monoisotopic (exact) mass is 496 g/mol. The van der Waals surface area contributed by atoms with Crippen molar-refractivity contribution in [3.05, 3.63) is 71.1 Å². The van der Waals surface area contributed by atoms with Gasteiger partial charge in [0.25, 0.3) is 0 Å². The molecule has 2 N–H and O–H groups in total. The van der Waals surface area contributed by atoms with E-state index in [9.17, 15) is 4.79 Å². The molecule has 180 valence electrons. The van der Waals surface area contributed by atoms with Crippen molar-refractivity contribution in [2.45, 2.75) is 25.9 Å². The second-order valence-corrected chi connectivity index (χ2v) is 9.67. The van der Waals surface area contributed by atoms with Crippen LogP contribution in [0.3, 0.4) is 0 Å². The van der Waals surface area contributed by atoms with Gasteiger partial charge in [-0.05, 0) is 63.2 Å². The summed E-state index contributed by atoms with van der Waals surface area (Å²) >= 11 is 1.30. The number of thiazole rings is 1. The van der Waals surface area contributed by atoms with Gasteiger partial charge in [0, 0.05) is 33.8 Å². The Balaban J connectivity index is 1.28. The first-order valence-corrected chi connectivity index (χ1v) is 12.8. The van der Waals surface area contributed by atoms with Gasteiger partial charge < -0.3 is 15.0 Å². The molecule has 0 aliphatic carbocycles. The third-order valence-corrected chi connectivity index (χ3v) is 7.10. The van der Waals surface area contributed by atoms with E-state index in [4.69, 9.17) is 4.74 Å². The zero-order valence-corrected chi connectivity index (χ0v) is 20.5. The van der Waals surface area contributed by atoms with Gasteiger partial charge in [-0.2, -0.15) is 0 Å². The third-order valence-electron chi connectivity index (χ3n) is 6.27. The molecule has 4 aromatic heterocycles. The molecule has 1 aliphatic rings. The van der Waals surface area contributed by atoms with E-state index in [0.717, 1.165) is 70.7 Å². The molecule has 1 aliphatic heterocycles. The second-order valence-electron chi connectivity index (χ2n) is 8.81. The fourth-order valence-corrected chi connectivity index (χ4v) is 5.13. The zero-order valence-electron chi connectivity index (χ0n) is 19.7. The van der Waals surface area contributed by atoms with E-state index in [2.05, 4.69) is 36.3 Å². The number of ether oxygens (including phenoxy) is 1. The molecular formula is C27H24N6O2S. The van der Waals surface area contributed by atoms with E-state index in [1.54, 1.807) is 12.5 Å². The van der Waals surface area contributed by atoms with E-state index in [1.165, 1.54) is 11.3 Å². The summed E-state index contributed by atoms with van der Waals surface area (Å²) in [6.07, 6.45) is 5.09. The van der Waals surface area contributed by atoms with Crippen LogP contribution in [-0.4, -0.2) is 50.1 Å². The van der Waals surface area contributed by atoms with E-state index in [1.807, 2.05) is 48.7 Å². The molecule has 0 bridgehead atoms. The van der Waals surface area contributed by atoms with Crippen LogP contribution in [-0.2, 0) is 4.74 Å². The van der Waals surface area contributed by atoms with Crippen LogP contribution >= 0.6 is 11.3 Å². The summed E-state index contributed by atoms with van der Waals surface area (Å²) in [5.41, 5.74) is 6.89. The van der Waals surface area contributed by atoms with Crippen molar-refractivity contribution in [3.63, 3.8) is 0 Å². The van der Waals surface area contributed by atoms with Gasteiger partial charge in [-0.15, -0.1) is 11.3 Å². The number of aromatic nitrogens is 5. The van der Waals surface area contributed by atoms with Crippen molar-refractivity contribution in [2.75, 3.05) is 13.1 Å². The molecule has 0 atom stereocenters. The highest BCUT2D eigenvalue weighted by Crippen LogP contribution is 2.31. The van der Waals surface area contributed by atoms with Crippen molar-refractivity contribution in [1.82, 2.24) is 30.2 Å². The smallest absolute Gasteiger partial charge is 0.367 e. The summed E-state index contributed by atoms with van der Waals surface area (Å²) in [6.45, 7) is 3.71. The molecule has 1 fully saturated rings. The maximum Gasteiger partial charge on any atom is 0.367 e. The summed E-state index contributed by atoms with van der Waals surface area (Å²) in [5, 5.41) is 6.48. The number of aromatic amines is 1. The van der Waals surface area contributed by atoms with Crippen LogP contribution in [0, 0.1) is 6.92 Å². The number of benzene rings is 1. The van der Waals surface area contributed by atoms with Crippen LogP contribution in [0.15, 0.2) is 60.4 Å². The van der Waals surface area contributed by atoms with Crippen LogP contribution in [0.5, 0.6) is 0 Å². The maximum absolute atomic E-state index is 12.6. The summed E-state index contributed by atoms with van der Waals surface area (Å²) in [7, 11) is 0. The number of H-pyrrole nitrogens is 1. The fourth-order valence-electron chi connectivity index (χ4n) is 4.42. The van der Waals surface area contributed by atoms with Crippen LogP contribution in [0.1, 0.15) is 28.3 Å². The van der Waals surface area contributed by atoms with E-state index < -0.39 is 0 Å². The molecule has 0 spiro atoms. The molecule has 0 saturated carbocycles. The number of carbonyl (C=O) groups is 1. The SMILES string of the molecule is Cc1cccc(-c2[nH]cnc2-c2ccc3ncc(-c4csc(C(=O)OC5CCNCC5)n4)cc3c2)n1. The van der Waals surface area contributed by atoms with Crippen molar-refractivity contribution >= 4 is 28.2 Å². The van der Waals surface area contributed by atoms with Crippen molar-refractivity contribution in [3.8, 4) is 33.9 Å². The Morgan fingerprint density at radius 3 is 2.75 bits per heavy atom. The molecule has 1 saturated heterocycles. The largest absolute Gasteiger partial charge is 0.457 e. The second kappa shape index (κ2) is 9.60. The van der Waals surface area contributed by atoms with Gasteiger partial charge in [-0.25, -0.2) is 14.8 Å². The first-order chi connectivity index (χ1) is 17.6. The average Bonchev–Trinajstić information content (AvgIpc) is 3.59. The molecule has 5 heterocycles. The predicted octanol–water partition coefficient (Wildman–Crippen LogP) is 5.03. The molecule has 9 heteroatoms. The van der Waals surface area contributed by atoms with E-state index in [0.29, 0.717) is 10.7 Å². The van der Waals surface area contributed by atoms with Crippen LogP contribution < -0.4 is 5.32 Å². The minimum Gasteiger partial charge on any atom is -0.457 e. The zero-order chi connectivity index (χ0) is 24.5. The number of imidazole rings is 1. The Labute approximate surface area is 211 Å². The molecule has 0 unspecified atom stereocenters. The number of aryl methyl sites for hydroxylation is 1. The van der Waals surface area contributed by atoms with Crippen molar-refractivity contribution in [1.29, 1.82) is 0 Å². The Bertz CT molecular complexity index is 1550. The van der Waals surface area contributed by atoms with Gasteiger partial charge in [0.15, 0.2) is 0 Å². The topological polar surface area (TPSA) is 106 Å². The molecule has 0 radical (unpaired) electrons. The predicted molar refractivity (Wildman–Crippen MR) is 140 cm³/mol. The van der Waals surface area contributed by atoms with Crippen LogP contribution in [0.2, 0.25) is 0 Å². The first-order valence-electron chi connectivity index (χ1n) is 11.9. The summed E-state index contributed by atoms with van der Waals surface area (Å²) < 4.78 is 5.65. The van der Waals surface area contributed by atoms with Crippen molar-refractivity contribution in [2.24, 2.45) is 0 Å². The van der Waals surface area contributed by atoms with Gasteiger partial charge in [0.05, 0.1) is 34.6 Å². The number of rotatable bonds is 5. The molecule has 0 amide bonds. The number of carbonyl (C=O) groups excluding carboxylic acids is 1. The average molecular weight is 497 g/mol. The Morgan fingerprint density at radius 2 is 1.89 bits per heavy atom. The summed E-state index contributed by atoms with van der Waals surface area (Å²) in [6, 6.07) is 14.0. The lowest BCUT2D eigenvalue weighted by molar-refractivity contribution is 0.0229. The number of esters is 1. The molecule has 8 nitrogen and oxygen atoms in total. The minimum absolute atomic E-state index is 0.0474. The van der Waals surface area contributed by atoms with Crippen LogP contribution in [0.25, 0.3) is 44.8 Å². The fraction of sp³-hybridized carbons (Fsp3) is 0.222. The number of nitrogens with zero attached hydrogens (tertiary/aromatic N) is 4. The van der Waals surface area contributed by atoms with Crippen LogP contribution in [0.4, 0.5) is 0 Å². The lowest BCUT2D eigenvalue weighted by atomic mass is 10.0. The summed E-state index contributed by atoms with van der Waals surface area (Å²) in [5.74, 6) is -0.356. The molecule has 5 aromatic rings. The van der Waals surface area contributed by atoms with Gasteiger partial charge in [0.2, 0.25) is 5.01 Å². The van der Waals surface area contributed by atoms with Gasteiger partial charge in [0.1, 0.15) is 6.10 Å². The van der Waals surface area contributed by atoms with Crippen molar-refractivity contribution < 1.29 is 9.53 Å². The Kier molecular flexibility index (Phi) is 6.00. The third kappa shape index (κ3) is 4.50. The highest BCUT2D eigenvalue weighted by atomic mass is 32.1. The maximum atomic E-state index is 12.6. The highest BCUT2D eigenvalue weighted by molar-refractivity contribution is 7.11. The number of hydrogen-bond acceptors (Lipinski definition) is 8. The van der Waals surface area contributed by atoms with Gasteiger partial charge >= 0.3 is 5.97 Å². The lowest BCUT2D eigenvalue weighted by Gasteiger charge is -2.22. The molecule has 36 heavy (non-hydrogen) atoms. The normalized spacial score (nSPS) is 14.2. The molecular weight excluding hydrogens is 472 g/mol. The number of nitrogens with one attached hydrogen (secondary N) is 2. The Morgan fingerprint density at radius 1 is 1.03 bits per heavy atom. The first kappa shape index (κ1) is 22.5. The quantitative estimate of drug-likeness (QED) is 0.329. The Hall–Kier alpha value is -3.95. The lowest BCUT2D eigenvalue weighted by Crippen LogP contribution is -2.33. The highest BCUT2D eigenvalue weighted by Gasteiger charge is 2.21. The summed E-state index contributed by atoms with van der Waals surface area (Å²) in [4.78, 5) is 34.2. The van der Waals surface area contributed by atoms with Gasteiger partial charge in [-0.1, -0.05) is 12.1 Å². The number of pyridine rings is 2. The van der Waals surface area contributed by atoms with E-state index in [-0.39, 0.29) is 12.1 Å². The number of fused-ring (bicyclic) bond motifs is 1. The number of hydrogen-bond donors (Lipinski definition) is 2. The molecule has 6 rings (SSSR count). The molecule has 1 aromatic carbocycles. The van der Waals surface area contributed by atoms with E-state index >= 15 is 0 Å². The number of piperidine rings is 1.